The number of hydrogen-bond acceptors (Lipinski definition) is 7. The van der Waals surface area contributed by atoms with E-state index in [2.05, 4.69) is 20.4 Å². The van der Waals surface area contributed by atoms with Gasteiger partial charge in [-0.25, -0.2) is 13.6 Å². The number of carbonyl (C=O) groups excluding carboxylic acids is 1. The fourth-order valence-corrected chi connectivity index (χ4v) is 4.78. The number of anilines is 2. The van der Waals surface area contributed by atoms with Gasteiger partial charge >= 0.3 is 0 Å². The van der Waals surface area contributed by atoms with E-state index >= 15 is 0 Å². The number of nitrogens with two attached hydrogens (primary N) is 1. The second-order valence-corrected chi connectivity index (χ2v) is 9.91. The molecule has 1 saturated heterocycles. The topological polar surface area (TPSA) is 123 Å². The summed E-state index contributed by atoms with van der Waals surface area (Å²) in [5, 5.41) is 17.3. The molecular weight excluding hydrogens is 448 g/mol. The molecule has 1 aliphatic rings. The van der Waals surface area contributed by atoms with Crippen molar-refractivity contribution >= 4 is 39.3 Å². The smallest absolute Gasteiger partial charge is 0.238 e. The maximum Gasteiger partial charge on any atom is 0.238 e. The second kappa shape index (κ2) is 9.72. The van der Waals surface area contributed by atoms with Gasteiger partial charge in [0.25, 0.3) is 0 Å². The number of thioether (sulfide) groups is 1. The van der Waals surface area contributed by atoms with Gasteiger partial charge in [-0.15, -0.1) is 10.2 Å². The standard InChI is InChI=1S/C21H24N6O3S2/c22-32(29,30)18-11-9-16(10-12-18)23-19(28)15-31-21-25-24-20(26-13-5-2-6-14-26)27(21)17-7-3-1-4-8-17/h1,3-4,7-12H,2,5-6,13-15H2,(H,23,28)(H2,22,29,30). The highest BCUT2D eigenvalue weighted by molar-refractivity contribution is 7.99. The Hall–Kier alpha value is -2.89. The summed E-state index contributed by atoms with van der Waals surface area (Å²) in [6.45, 7) is 1.87. The Morgan fingerprint density at radius 1 is 1.00 bits per heavy atom. The van der Waals surface area contributed by atoms with E-state index in [1.807, 2.05) is 34.9 Å². The zero-order chi connectivity index (χ0) is 22.6. The van der Waals surface area contributed by atoms with E-state index in [1.165, 1.54) is 42.4 Å². The second-order valence-electron chi connectivity index (χ2n) is 7.41. The molecule has 168 valence electrons. The molecule has 2 heterocycles. The maximum atomic E-state index is 12.5. The van der Waals surface area contributed by atoms with Gasteiger partial charge < -0.3 is 10.2 Å². The Morgan fingerprint density at radius 2 is 1.69 bits per heavy atom. The average molecular weight is 473 g/mol. The summed E-state index contributed by atoms with van der Waals surface area (Å²) in [7, 11) is -3.77. The van der Waals surface area contributed by atoms with E-state index in [9.17, 15) is 13.2 Å². The van der Waals surface area contributed by atoms with E-state index in [0.717, 1.165) is 37.6 Å². The van der Waals surface area contributed by atoms with Crippen LogP contribution in [0.3, 0.4) is 0 Å². The van der Waals surface area contributed by atoms with Gasteiger partial charge in [-0.3, -0.25) is 9.36 Å². The first-order chi connectivity index (χ1) is 15.4. The quantitative estimate of drug-likeness (QED) is 0.507. The molecule has 3 aromatic rings. The molecule has 0 atom stereocenters. The number of primary sulfonamides is 1. The number of nitrogens with zero attached hydrogens (tertiary/aromatic N) is 4. The Bertz CT molecular complexity index is 1170. The van der Waals surface area contributed by atoms with Gasteiger partial charge in [0.1, 0.15) is 0 Å². The van der Waals surface area contributed by atoms with Gasteiger partial charge in [0.2, 0.25) is 21.9 Å². The summed E-state index contributed by atoms with van der Waals surface area (Å²) in [4.78, 5) is 14.7. The SMILES string of the molecule is NS(=O)(=O)c1ccc(NC(=O)CSc2nnc(N3CCCCC3)n2-c2ccccc2)cc1. The predicted octanol–water partition coefficient (Wildman–Crippen LogP) is 2.64. The van der Waals surface area contributed by atoms with Crippen LogP contribution in [0.15, 0.2) is 64.6 Å². The third kappa shape index (κ3) is 5.29. The van der Waals surface area contributed by atoms with Crippen molar-refractivity contribution in [1.82, 2.24) is 14.8 Å². The first-order valence-electron chi connectivity index (χ1n) is 10.2. The van der Waals surface area contributed by atoms with Crippen molar-refractivity contribution < 1.29 is 13.2 Å². The van der Waals surface area contributed by atoms with Crippen molar-refractivity contribution in [2.45, 2.75) is 29.3 Å². The lowest BCUT2D eigenvalue weighted by Gasteiger charge is -2.27. The molecule has 32 heavy (non-hydrogen) atoms. The van der Waals surface area contributed by atoms with Gasteiger partial charge in [-0.2, -0.15) is 0 Å². The molecular formula is C21H24N6O3S2. The zero-order valence-electron chi connectivity index (χ0n) is 17.3. The summed E-state index contributed by atoms with van der Waals surface area (Å²) < 4.78 is 24.7. The van der Waals surface area contributed by atoms with E-state index in [4.69, 9.17) is 5.14 Å². The van der Waals surface area contributed by atoms with Gasteiger partial charge in [0.15, 0.2) is 5.16 Å². The molecule has 0 unspecified atom stereocenters. The number of piperidine rings is 1. The number of nitrogens with one attached hydrogen (secondary N) is 1. The van der Waals surface area contributed by atoms with E-state index in [0.29, 0.717) is 10.8 Å². The summed E-state index contributed by atoms with van der Waals surface area (Å²) in [5.74, 6) is 0.680. The third-order valence-corrected chi connectivity index (χ3v) is 6.93. The van der Waals surface area contributed by atoms with E-state index < -0.39 is 10.0 Å². The monoisotopic (exact) mass is 472 g/mol. The van der Waals surface area contributed by atoms with Crippen molar-refractivity contribution in [1.29, 1.82) is 0 Å². The lowest BCUT2D eigenvalue weighted by molar-refractivity contribution is -0.113. The summed E-state index contributed by atoms with van der Waals surface area (Å²) in [6.07, 6.45) is 3.46. The third-order valence-electron chi connectivity index (χ3n) is 5.07. The fourth-order valence-electron chi connectivity index (χ4n) is 3.51. The molecule has 3 N–H and O–H groups in total. The summed E-state index contributed by atoms with van der Waals surface area (Å²) in [6, 6.07) is 15.6. The Balaban J connectivity index is 1.48. The van der Waals surface area contributed by atoms with Gasteiger partial charge in [0.05, 0.1) is 16.3 Å². The number of para-hydroxylation sites is 1. The number of carbonyl (C=O) groups is 1. The number of benzene rings is 2. The van der Waals surface area contributed by atoms with Crippen LogP contribution in [0.5, 0.6) is 0 Å². The van der Waals surface area contributed by atoms with E-state index in [1.54, 1.807) is 0 Å². The summed E-state index contributed by atoms with van der Waals surface area (Å²) >= 11 is 1.30. The summed E-state index contributed by atoms with van der Waals surface area (Å²) in [5.41, 5.74) is 1.43. The van der Waals surface area contributed by atoms with Crippen LogP contribution >= 0.6 is 11.8 Å². The lowest BCUT2D eigenvalue weighted by atomic mass is 10.1. The predicted molar refractivity (Wildman–Crippen MR) is 125 cm³/mol. The number of aromatic nitrogens is 3. The van der Waals surface area contributed by atoms with Crippen molar-refractivity contribution in [3.63, 3.8) is 0 Å². The highest BCUT2D eigenvalue weighted by Gasteiger charge is 2.22. The first-order valence-corrected chi connectivity index (χ1v) is 12.8. The zero-order valence-corrected chi connectivity index (χ0v) is 19.0. The van der Waals surface area contributed by atoms with Crippen LogP contribution in [0.2, 0.25) is 0 Å². The number of rotatable bonds is 7. The van der Waals surface area contributed by atoms with Crippen LogP contribution in [0.25, 0.3) is 5.69 Å². The van der Waals surface area contributed by atoms with Gasteiger partial charge in [-0.1, -0.05) is 30.0 Å². The van der Waals surface area contributed by atoms with Crippen molar-refractivity contribution in [3.8, 4) is 5.69 Å². The number of sulfonamides is 1. The molecule has 9 nitrogen and oxygen atoms in total. The average Bonchev–Trinajstić information content (AvgIpc) is 3.23. The first kappa shape index (κ1) is 22.3. The van der Waals surface area contributed by atoms with Crippen LogP contribution < -0.4 is 15.4 Å². The lowest BCUT2D eigenvalue weighted by Crippen LogP contribution is -2.31. The maximum absolute atomic E-state index is 12.5. The molecule has 2 aromatic carbocycles. The molecule has 0 radical (unpaired) electrons. The van der Waals surface area contributed by atoms with Crippen molar-refractivity contribution in [2.24, 2.45) is 5.14 Å². The molecule has 4 rings (SSSR count). The highest BCUT2D eigenvalue weighted by Crippen LogP contribution is 2.28. The van der Waals surface area contributed by atoms with Crippen LogP contribution in [-0.4, -0.2) is 47.9 Å². The number of amides is 1. The minimum atomic E-state index is -3.77. The minimum Gasteiger partial charge on any atom is -0.341 e. The van der Waals surface area contributed by atoms with Gasteiger partial charge in [-0.05, 0) is 55.7 Å². The van der Waals surface area contributed by atoms with Crippen molar-refractivity contribution in [3.05, 3.63) is 54.6 Å². The van der Waals surface area contributed by atoms with E-state index in [-0.39, 0.29) is 16.6 Å². The molecule has 1 aromatic heterocycles. The minimum absolute atomic E-state index is 0.00826. The number of hydrogen-bond donors (Lipinski definition) is 2. The molecule has 0 bridgehead atoms. The van der Waals surface area contributed by atoms with Crippen molar-refractivity contribution in [2.75, 3.05) is 29.1 Å². The molecule has 1 fully saturated rings. The fraction of sp³-hybridized carbons (Fsp3) is 0.286. The largest absolute Gasteiger partial charge is 0.341 e. The molecule has 0 spiro atoms. The van der Waals surface area contributed by atoms with Crippen LogP contribution in [0, 0.1) is 0 Å². The Labute approximate surface area is 191 Å². The molecule has 11 heteroatoms. The molecule has 0 aliphatic carbocycles. The van der Waals surface area contributed by atoms with Crippen LogP contribution in [-0.2, 0) is 14.8 Å². The molecule has 0 saturated carbocycles. The molecule has 1 amide bonds. The van der Waals surface area contributed by atoms with Crippen LogP contribution in [0.1, 0.15) is 19.3 Å². The molecule has 1 aliphatic heterocycles. The van der Waals surface area contributed by atoms with Crippen LogP contribution in [0.4, 0.5) is 11.6 Å². The Morgan fingerprint density at radius 3 is 2.34 bits per heavy atom. The normalized spacial score (nSPS) is 14.3. The van der Waals surface area contributed by atoms with Gasteiger partial charge in [0, 0.05) is 18.8 Å². The highest BCUT2D eigenvalue weighted by atomic mass is 32.2. The Kier molecular flexibility index (Phi) is 6.77.